The van der Waals surface area contributed by atoms with E-state index in [1.807, 2.05) is 13.8 Å². The molecule has 1 atom stereocenters. The maximum Gasteiger partial charge on any atom is 0.348 e. The zero-order valence-electron chi connectivity index (χ0n) is 10.3. The largest absolute Gasteiger partial charge is 0.348 e. The fraction of sp³-hybridized carbons (Fsp3) is 0.667. The molecule has 1 aliphatic heterocycles. The van der Waals surface area contributed by atoms with Gasteiger partial charge in [0, 0.05) is 12.2 Å². The molecule has 0 radical (unpaired) electrons. The van der Waals surface area contributed by atoms with Crippen LogP contribution in [0.25, 0.3) is 0 Å². The first-order chi connectivity index (χ1) is 8.09. The van der Waals surface area contributed by atoms with Gasteiger partial charge in [0.05, 0.1) is 10.2 Å². The molecule has 2 rings (SSSR count). The molecule has 1 aliphatic rings. The summed E-state index contributed by atoms with van der Waals surface area (Å²) in [6, 6.07) is 0. The number of aryl methyl sites for hydroxylation is 1. The smallest absolute Gasteiger partial charge is 0.316 e. The standard InChI is InChI=1S/C12H18BrN3O/c1-8-11(13)9(2)16(12(17)15-8)7-10-4-3-5-14-6-10/h10,14H,3-7H2,1-2H3. The molecular weight excluding hydrogens is 282 g/mol. The minimum atomic E-state index is -0.131. The molecule has 0 aliphatic carbocycles. The SMILES string of the molecule is Cc1nc(=O)n(CC2CCCNC2)c(C)c1Br. The van der Waals surface area contributed by atoms with Crippen molar-refractivity contribution in [3.8, 4) is 0 Å². The molecule has 17 heavy (non-hydrogen) atoms. The molecule has 0 aromatic carbocycles. The van der Waals surface area contributed by atoms with Crippen molar-refractivity contribution < 1.29 is 0 Å². The van der Waals surface area contributed by atoms with Gasteiger partial charge in [-0.15, -0.1) is 0 Å². The number of rotatable bonds is 2. The third-order valence-corrected chi connectivity index (χ3v) is 4.52. The average molecular weight is 300 g/mol. The molecule has 1 aromatic rings. The molecule has 1 unspecified atom stereocenters. The van der Waals surface area contributed by atoms with Crippen LogP contribution in [-0.2, 0) is 6.54 Å². The van der Waals surface area contributed by atoms with Gasteiger partial charge in [0.15, 0.2) is 0 Å². The monoisotopic (exact) mass is 299 g/mol. The Morgan fingerprint density at radius 1 is 1.53 bits per heavy atom. The van der Waals surface area contributed by atoms with E-state index in [4.69, 9.17) is 0 Å². The van der Waals surface area contributed by atoms with Crippen molar-refractivity contribution >= 4 is 15.9 Å². The Balaban J connectivity index is 2.26. The van der Waals surface area contributed by atoms with Crippen molar-refractivity contribution in [3.63, 3.8) is 0 Å². The summed E-state index contributed by atoms with van der Waals surface area (Å²) >= 11 is 3.49. The number of nitrogens with zero attached hydrogens (tertiary/aromatic N) is 2. The molecule has 94 valence electrons. The average Bonchev–Trinajstić information content (AvgIpc) is 2.33. The van der Waals surface area contributed by atoms with Crippen LogP contribution in [0.2, 0.25) is 0 Å². The van der Waals surface area contributed by atoms with Crippen LogP contribution in [0.1, 0.15) is 24.2 Å². The van der Waals surface area contributed by atoms with E-state index >= 15 is 0 Å². The van der Waals surface area contributed by atoms with Crippen LogP contribution in [0.3, 0.4) is 0 Å². The maximum atomic E-state index is 11.9. The predicted molar refractivity (Wildman–Crippen MR) is 71.3 cm³/mol. The van der Waals surface area contributed by atoms with Crippen molar-refractivity contribution in [2.45, 2.75) is 33.2 Å². The molecule has 2 heterocycles. The molecule has 1 saturated heterocycles. The summed E-state index contributed by atoms with van der Waals surface area (Å²) in [5, 5.41) is 3.37. The Morgan fingerprint density at radius 2 is 2.29 bits per heavy atom. The zero-order chi connectivity index (χ0) is 12.4. The normalized spacial score (nSPS) is 20.5. The van der Waals surface area contributed by atoms with E-state index in [1.165, 1.54) is 12.8 Å². The van der Waals surface area contributed by atoms with E-state index in [0.29, 0.717) is 5.92 Å². The lowest BCUT2D eigenvalue weighted by atomic mass is 9.99. The summed E-state index contributed by atoms with van der Waals surface area (Å²) in [4.78, 5) is 15.9. The van der Waals surface area contributed by atoms with Gasteiger partial charge in [0.1, 0.15) is 0 Å². The van der Waals surface area contributed by atoms with Gasteiger partial charge in [0.25, 0.3) is 0 Å². The Labute approximate surface area is 110 Å². The fourth-order valence-corrected chi connectivity index (χ4v) is 2.63. The number of halogens is 1. The van der Waals surface area contributed by atoms with E-state index in [1.54, 1.807) is 4.57 Å². The second-order valence-electron chi connectivity index (χ2n) is 4.70. The second kappa shape index (κ2) is 5.31. The maximum absolute atomic E-state index is 11.9. The van der Waals surface area contributed by atoms with E-state index in [0.717, 1.165) is 35.5 Å². The van der Waals surface area contributed by atoms with Crippen molar-refractivity contribution in [1.82, 2.24) is 14.9 Å². The van der Waals surface area contributed by atoms with Gasteiger partial charge < -0.3 is 5.32 Å². The van der Waals surface area contributed by atoms with Crippen LogP contribution in [0.15, 0.2) is 9.27 Å². The van der Waals surface area contributed by atoms with Crippen LogP contribution in [0.4, 0.5) is 0 Å². The van der Waals surface area contributed by atoms with Crippen LogP contribution < -0.4 is 11.0 Å². The highest BCUT2D eigenvalue weighted by Gasteiger charge is 2.17. The lowest BCUT2D eigenvalue weighted by Crippen LogP contribution is -2.36. The van der Waals surface area contributed by atoms with Crippen LogP contribution >= 0.6 is 15.9 Å². The summed E-state index contributed by atoms with van der Waals surface area (Å²) in [5.74, 6) is 0.538. The summed E-state index contributed by atoms with van der Waals surface area (Å²) in [5.41, 5.74) is 1.62. The number of hydrogen-bond donors (Lipinski definition) is 1. The molecule has 5 heteroatoms. The lowest BCUT2D eigenvalue weighted by Gasteiger charge is -2.24. The summed E-state index contributed by atoms with van der Waals surface area (Å²) in [7, 11) is 0. The van der Waals surface area contributed by atoms with E-state index in [2.05, 4.69) is 26.2 Å². The summed E-state index contributed by atoms with van der Waals surface area (Å²) in [6.45, 7) is 6.68. The highest BCUT2D eigenvalue weighted by Crippen LogP contribution is 2.19. The minimum absolute atomic E-state index is 0.131. The zero-order valence-corrected chi connectivity index (χ0v) is 11.9. The van der Waals surface area contributed by atoms with Crippen molar-refractivity contribution in [2.75, 3.05) is 13.1 Å². The molecule has 0 bridgehead atoms. The van der Waals surface area contributed by atoms with E-state index < -0.39 is 0 Å². The van der Waals surface area contributed by atoms with Crippen LogP contribution in [0, 0.1) is 19.8 Å². The molecular formula is C12H18BrN3O. The van der Waals surface area contributed by atoms with Crippen molar-refractivity contribution in [2.24, 2.45) is 5.92 Å². The van der Waals surface area contributed by atoms with E-state index in [9.17, 15) is 4.79 Å². The minimum Gasteiger partial charge on any atom is -0.316 e. The van der Waals surface area contributed by atoms with E-state index in [-0.39, 0.29) is 5.69 Å². The highest BCUT2D eigenvalue weighted by atomic mass is 79.9. The topological polar surface area (TPSA) is 46.9 Å². The lowest BCUT2D eigenvalue weighted by molar-refractivity contribution is 0.329. The van der Waals surface area contributed by atoms with Gasteiger partial charge in [-0.25, -0.2) is 4.79 Å². The van der Waals surface area contributed by atoms with Gasteiger partial charge in [0.2, 0.25) is 0 Å². The first-order valence-electron chi connectivity index (χ1n) is 6.04. The Kier molecular flexibility index (Phi) is 3.99. The van der Waals surface area contributed by atoms with Gasteiger partial charge in [-0.05, 0) is 61.6 Å². The molecule has 1 N–H and O–H groups in total. The molecule has 4 nitrogen and oxygen atoms in total. The predicted octanol–water partition coefficient (Wildman–Crippen LogP) is 1.62. The van der Waals surface area contributed by atoms with Gasteiger partial charge in [-0.1, -0.05) is 0 Å². The Bertz CT molecular complexity index is 464. The van der Waals surface area contributed by atoms with Gasteiger partial charge in [-0.2, -0.15) is 4.98 Å². The third-order valence-electron chi connectivity index (χ3n) is 3.37. The molecule has 1 aromatic heterocycles. The number of piperidine rings is 1. The highest BCUT2D eigenvalue weighted by molar-refractivity contribution is 9.10. The van der Waals surface area contributed by atoms with Gasteiger partial charge >= 0.3 is 5.69 Å². The molecule has 1 fully saturated rings. The van der Waals surface area contributed by atoms with Crippen molar-refractivity contribution in [1.29, 1.82) is 0 Å². The molecule has 0 saturated carbocycles. The summed E-state index contributed by atoms with van der Waals surface area (Å²) < 4.78 is 2.73. The molecule has 0 spiro atoms. The fourth-order valence-electron chi connectivity index (χ4n) is 2.33. The number of nitrogens with one attached hydrogen (secondary N) is 1. The van der Waals surface area contributed by atoms with Gasteiger partial charge in [-0.3, -0.25) is 4.57 Å². The Hall–Kier alpha value is -0.680. The van der Waals surface area contributed by atoms with Crippen molar-refractivity contribution in [3.05, 3.63) is 26.3 Å². The Morgan fingerprint density at radius 3 is 2.94 bits per heavy atom. The first kappa shape index (κ1) is 12.8. The summed E-state index contributed by atoms with van der Waals surface area (Å²) in [6.07, 6.45) is 2.38. The third kappa shape index (κ3) is 2.77. The number of aromatic nitrogens is 2. The van der Waals surface area contributed by atoms with Crippen LogP contribution in [0.5, 0.6) is 0 Å². The number of hydrogen-bond acceptors (Lipinski definition) is 3. The first-order valence-corrected chi connectivity index (χ1v) is 6.83. The van der Waals surface area contributed by atoms with Crippen LogP contribution in [-0.4, -0.2) is 22.6 Å². The second-order valence-corrected chi connectivity index (χ2v) is 5.50. The quantitative estimate of drug-likeness (QED) is 0.903. The molecule has 0 amide bonds.